The van der Waals surface area contributed by atoms with E-state index in [0.717, 1.165) is 16.0 Å². The van der Waals surface area contributed by atoms with E-state index in [2.05, 4.69) is 9.97 Å². The van der Waals surface area contributed by atoms with Crippen LogP contribution in [0.5, 0.6) is 0 Å². The van der Waals surface area contributed by atoms with Gasteiger partial charge >= 0.3 is 0 Å². The number of halogens is 1. The Balaban J connectivity index is 1.05. The molecule has 1 aromatic carbocycles. The van der Waals surface area contributed by atoms with Gasteiger partial charge in [-0.25, -0.2) is 4.98 Å². The highest BCUT2D eigenvalue weighted by Gasteiger charge is 2.42. The number of benzene rings is 1. The number of amides is 2. The standard InChI is InChI=1S/C35H35ClN6O4S/c1-39-14-9-26-31(39)38-22-42(33(26)44)21-35(46)11-16-40(17-12-35)32(43)25-10-15-41(20-27(25)23-6-3-2-4-7-23)34(45)30-28(36)18-29(47-30)24-8-5-13-37-19-24/h2-9,13-14,18-19,22,25,27,46H,10-12,15-17,20-21H2,1H3/t25-,27+/m1/s1. The van der Waals surface area contributed by atoms with Gasteiger partial charge in [-0.15, -0.1) is 11.3 Å². The van der Waals surface area contributed by atoms with Crippen LogP contribution < -0.4 is 5.56 Å². The van der Waals surface area contributed by atoms with Gasteiger partial charge in [-0.2, -0.15) is 0 Å². The smallest absolute Gasteiger partial charge is 0.265 e. The maximum Gasteiger partial charge on any atom is 0.265 e. The van der Waals surface area contributed by atoms with E-state index in [0.29, 0.717) is 66.4 Å². The largest absolute Gasteiger partial charge is 0.388 e. The first kappa shape index (κ1) is 31.3. The molecule has 2 amide bonds. The van der Waals surface area contributed by atoms with E-state index in [1.54, 1.807) is 29.2 Å². The fourth-order valence-electron chi connectivity index (χ4n) is 6.93. The number of rotatable bonds is 6. The molecular formula is C35H35ClN6O4S. The molecule has 0 radical (unpaired) electrons. The van der Waals surface area contributed by atoms with Gasteiger partial charge in [0.1, 0.15) is 16.9 Å². The summed E-state index contributed by atoms with van der Waals surface area (Å²) in [6.45, 7) is 1.71. The maximum absolute atomic E-state index is 14.1. The molecule has 12 heteroatoms. The Bertz CT molecular complexity index is 1980. The minimum atomic E-state index is -1.13. The van der Waals surface area contributed by atoms with E-state index in [9.17, 15) is 19.5 Å². The van der Waals surface area contributed by atoms with Crippen molar-refractivity contribution in [1.82, 2.24) is 28.9 Å². The predicted molar refractivity (Wildman–Crippen MR) is 181 cm³/mol. The second-order valence-corrected chi connectivity index (χ2v) is 14.0. The number of aliphatic hydroxyl groups is 1. The molecule has 0 bridgehead atoms. The number of carbonyl (C=O) groups is 2. The van der Waals surface area contributed by atoms with E-state index in [1.165, 1.54) is 22.2 Å². The normalized spacial score (nSPS) is 19.6. The fraction of sp³-hybridized carbons (Fsp3) is 0.343. The number of fused-ring (bicyclic) bond motifs is 1. The summed E-state index contributed by atoms with van der Waals surface area (Å²) >= 11 is 7.95. The van der Waals surface area contributed by atoms with Gasteiger partial charge < -0.3 is 19.5 Å². The van der Waals surface area contributed by atoms with Crippen LogP contribution in [0.2, 0.25) is 5.02 Å². The summed E-state index contributed by atoms with van der Waals surface area (Å²) in [5, 5.41) is 12.4. The molecule has 0 aliphatic carbocycles. The second-order valence-electron chi connectivity index (χ2n) is 12.6. The van der Waals surface area contributed by atoms with Crippen molar-refractivity contribution in [2.75, 3.05) is 26.2 Å². The number of thiophene rings is 1. The lowest BCUT2D eigenvalue weighted by atomic mass is 9.79. The second kappa shape index (κ2) is 12.7. The first-order chi connectivity index (χ1) is 22.7. The number of piperidine rings is 2. The molecule has 47 heavy (non-hydrogen) atoms. The molecule has 0 spiro atoms. The fourth-order valence-corrected chi connectivity index (χ4v) is 8.30. The predicted octanol–water partition coefficient (Wildman–Crippen LogP) is 4.81. The van der Waals surface area contributed by atoms with Crippen LogP contribution in [-0.2, 0) is 18.4 Å². The number of aromatic nitrogens is 4. The average Bonchev–Trinajstić information content (AvgIpc) is 3.68. The topological polar surface area (TPSA) is 114 Å². The Labute approximate surface area is 280 Å². The van der Waals surface area contributed by atoms with Crippen molar-refractivity contribution in [1.29, 1.82) is 0 Å². The van der Waals surface area contributed by atoms with Crippen LogP contribution in [0.15, 0.2) is 84.3 Å². The lowest BCUT2D eigenvalue weighted by Crippen LogP contribution is -2.53. The Morgan fingerprint density at radius 2 is 1.85 bits per heavy atom. The van der Waals surface area contributed by atoms with Crippen molar-refractivity contribution < 1.29 is 14.7 Å². The van der Waals surface area contributed by atoms with Crippen LogP contribution >= 0.6 is 22.9 Å². The van der Waals surface area contributed by atoms with E-state index >= 15 is 0 Å². The van der Waals surface area contributed by atoms with Crippen molar-refractivity contribution >= 4 is 45.8 Å². The Hall–Kier alpha value is -4.32. The summed E-state index contributed by atoms with van der Waals surface area (Å²) in [6.07, 6.45) is 7.95. The zero-order valence-corrected chi connectivity index (χ0v) is 27.5. The summed E-state index contributed by atoms with van der Waals surface area (Å²) < 4.78 is 3.26. The monoisotopic (exact) mass is 670 g/mol. The van der Waals surface area contributed by atoms with E-state index < -0.39 is 5.60 Å². The van der Waals surface area contributed by atoms with Crippen LogP contribution in [0.1, 0.15) is 40.4 Å². The van der Waals surface area contributed by atoms with E-state index in [1.807, 2.05) is 65.4 Å². The minimum absolute atomic E-state index is 0.0329. The number of carbonyl (C=O) groups excluding carboxylic acids is 2. The van der Waals surface area contributed by atoms with E-state index in [-0.39, 0.29) is 35.8 Å². The van der Waals surface area contributed by atoms with Crippen molar-refractivity contribution in [3.63, 3.8) is 0 Å². The third-order valence-corrected chi connectivity index (χ3v) is 11.2. The lowest BCUT2D eigenvalue weighted by Gasteiger charge is -2.43. The summed E-state index contributed by atoms with van der Waals surface area (Å²) in [5.41, 5.74) is 1.19. The van der Waals surface area contributed by atoms with Crippen molar-refractivity contribution in [2.24, 2.45) is 13.0 Å². The number of pyridine rings is 1. The van der Waals surface area contributed by atoms with Crippen molar-refractivity contribution in [3.05, 3.63) is 105 Å². The van der Waals surface area contributed by atoms with Gasteiger partial charge in [-0.1, -0.05) is 48.0 Å². The molecule has 2 fully saturated rings. The molecule has 0 saturated carbocycles. The van der Waals surface area contributed by atoms with Crippen LogP contribution in [0.25, 0.3) is 21.5 Å². The molecule has 2 aliphatic rings. The molecule has 2 atom stereocenters. The van der Waals surface area contributed by atoms with Crippen LogP contribution in [0.4, 0.5) is 0 Å². The van der Waals surface area contributed by atoms with Crippen LogP contribution in [0, 0.1) is 5.92 Å². The highest BCUT2D eigenvalue weighted by molar-refractivity contribution is 7.18. The molecule has 0 unspecified atom stereocenters. The number of nitrogens with zero attached hydrogens (tertiary/aromatic N) is 6. The molecule has 4 aromatic heterocycles. The van der Waals surface area contributed by atoms with Gasteiger partial charge in [0.25, 0.3) is 11.5 Å². The minimum Gasteiger partial charge on any atom is -0.388 e. The first-order valence-electron chi connectivity index (χ1n) is 15.8. The zero-order valence-electron chi connectivity index (χ0n) is 26.0. The first-order valence-corrected chi connectivity index (χ1v) is 17.0. The summed E-state index contributed by atoms with van der Waals surface area (Å²) in [6, 6.07) is 17.2. The van der Waals surface area contributed by atoms with Crippen LogP contribution in [-0.4, -0.2) is 77.6 Å². The third kappa shape index (κ3) is 6.10. The van der Waals surface area contributed by atoms with Crippen LogP contribution in [0.3, 0.4) is 0 Å². The molecule has 2 saturated heterocycles. The van der Waals surface area contributed by atoms with Crippen molar-refractivity contribution in [3.8, 4) is 10.4 Å². The summed E-state index contributed by atoms with van der Waals surface area (Å²) in [4.78, 5) is 54.6. The zero-order chi connectivity index (χ0) is 32.7. The van der Waals surface area contributed by atoms with Gasteiger partial charge in [0, 0.05) is 74.1 Å². The summed E-state index contributed by atoms with van der Waals surface area (Å²) in [7, 11) is 1.84. The van der Waals surface area contributed by atoms with Gasteiger partial charge in [0.05, 0.1) is 22.6 Å². The Kier molecular flexibility index (Phi) is 8.46. The Morgan fingerprint density at radius 1 is 1.06 bits per heavy atom. The SMILES string of the molecule is Cn1ccc2c(=O)n(CC3(O)CCN(C(=O)[C@@H]4CCN(C(=O)c5sc(-c6cccnc6)cc5Cl)C[C@H]4c4ccccc4)CC3)cnc21. The molecule has 7 rings (SSSR count). The van der Waals surface area contributed by atoms with Gasteiger partial charge in [0.2, 0.25) is 5.91 Å². The third-order valence-electron chi connectivity index (χ3n) is 9.59. The van der Waals surface area contributed by atoms with Gasteiger partial charge in [-0.3, -0.25) is 23.9 Å². The molecular weight excluding hydrogens is 636 g/mol. The molecule has 6 heterocycles. The number of likely N-dealkylation sites (tertiary alicyclic amines) is 2. The maximum atomic E-state index is 14.1. The molecule has 242 valence electrons. The number of hydrogen-bond acceptors (Lipinski definition) is 7. The van der Waals surface area contributed by atoms with E-state index in [4.69, 9.17) is 11.6 Å². The number of aryl methyl sites for hydroxylation is 1. The van der Waals surface area contributed by atoms with Crippen molar-refractivity contribution in [2.45, 2.75) is 37.3 Å². The molecule has 1 N–H and O–H groups in total. The average molecular weight is 671 g/mol. The lowest BCUT2D eigenvalue weighted by molar-refractivity contribution is -0.142. The molecule has 2 aliphatic heterocycles. The summed E-state index contributed by atoms with van der Waals surface area (Å²) in [5.74, 6) is -0.611. The highest BCUT2D eigenvalue weighted by Crippen LogP contribution is 2.39. The number of hydrogen-bond donors (Lipinski definition) is 1. The van der Waals surface area contributed by atoms with Gasteiger partial charge in [-0.05, 0) is 43.0 Å². The quantitative estimate of drug-likeness (QED) is 0.278. The Morgan fingerprint density at radius 3 is 2.60 bits per heavy atom. The molecule has 5 aromatic rings. The highest BCUT2D eigenvalue weighted by atomic mass is 35.5. The molecule has 10 nitrogen and oxygen atoms in total. The van der Waals surface area contributed by atoms with Gasteiger partial charge in [0.15, 0.2) is 0 Å².